The van der Waals surface area contributed by atoms with Crippen molar-refractivity contribution in [2.24, 2.45) is 0 Å². The van der Waals surface area contributed by atoms with E-state index >= 15 is 0 Å². The topological polar surface area (TPSA) is 84.7 Å². The summed E-state index contributed by atoms with van der Waals surface area (Å²) in [6, 6.07) is 13.0. The number of carbonyl (C=O) groups excluding carboxylic acids is 1. The highest BCUT2D eigenvalue weighted by molar-refractivity contribution is 7.89. The second-order valence-electron chi connectivity index (χ2n) is 7.67. The number of anilines is 1. The molecule has 0 saturated carbocycles. The molecule has 2 aliphatic rings. The first-order valence-corrected chi connectivity index (χ1v) is 11.6. The number of sulfonamides is 1. The van der Waals surface area contributed by atoms with Crippen LogP contribution in [0.15, 0.2) is 47.4 Å². The van der Waals surface area contributed by atoms with Crippen molar-refractivity contribution in [3.63, 3.8) is 0 Å². The van der Waals surface area contributed by atoms with Crippen LogP contribution in [-0.2, 0) is 21.2 Å². The average Bonchev–Trinajstić information content (AvgIpc) is 2.79. The number of benzene rings is 2. The predicted molar refractivity (Wildman–Crippen MR) is 113 cm³/mol. The van der Waals surface area contributed by atoms with Gasteiger partial charge in [0.25, 0.3) is 0 Å². The Morgan fingerprint density at radius 2 is 1.77 bits per heavy atom. The number of hydrogen-bond donors (Lipinski definition) is 0. The molecule has 9 heteroatoms. The zero-order chi connectivity index (χ0) is 22.0. The van der Waals surface area contributed by atoms with Crippen molar-refractivity contribution < 1.29 is 17.6 Å². The van der Waals surface area contributed by atoms with E-state index in [1.54, 1.807) is 28.0 Å². The summed E-state index contributed by atoms with van der Waals surface area (Å²) in [7, 11) is -3.81. The van der Waals surface area contributed by atoms with Crippen LogP contribution < -0.4 is 4.90 Å². The Labute approximate surface area is 181 Å². The van der Waals surface area contributed by atoms with E-state index < -0.39 is 10.0 Å². The van der Waals surface area contributed by atoms with Crippen molar-refractivity contribution in [2.75, 3.05) is 44.2 Å². The summed E-state index contributed by atoms with van der Waals surface area (Å²) in [6.07, 6.45) is 1.65. The first-order chi connectivity index (χ1) is 14.9. The van der Waals surface area contributed by atoms with Gasteiger partial charge in [0, 0.05) is 32.7 Å². The van der Waals surface area contributed by atoms with Crippen molar-refractivity contribution in [3.05, 3.63) is 59.4 Å². The minimum Gasteiger partial charge on any atom is -0.360 e. The quantitative estimate of drug-likeness (QED) is 0.723. The summed E-state index contributed by atoms with van der Waals surface area (Å²) in [5.41, 5.74) is 1.51. The lowest BCUT2D eigenvalue weighted by Crippen LogP contribution is -2.53. The van der Waals surface area contributed by atoms with Gasteiger partial charge in [-0.1, -0.05) is 24.3 Å². The molecular formula is C22H23FN4O3S. The molecular weight excluding hydrogens is 419 g/mol. The van der Waals surface area contributed by atoms with E-state index in [2.05, 4.69) is 0 Å². The fourth-order valence-corrected chi connectivity index (χ4v) is 5.77. The highest BCUT2D eigenvalue weighted by Gasteiger charge is 2.32. The summed E-state index contributed by atoms with van der Waals surface area (Å²) in [5, 5.41) is 9.22. The van der Waals surface area contributed by atoms with Gasteiger partial charge in [-0.25, -0.2) is 12.8 Å². The van der Waals surface area contributed by atoms with Gasteiger partial charge < -0.3 is 9.80 Å². The van der Waals surface area contributed by atoms with E-state index in [1.165, 1.54) is 22.5 Å². The second kappa shape index (κ2) is 8.65. The molecule has 1 saturated heterocycles. The smallest absolute Gasteiger partial charge is 0.244 e. The van der Waals surface area contributed by atoms with Gasteiger partial charge >= 0.3 is 0 Å². The number of para-hydroxylation sites is 1. The molecule has 0 unspecified atom stereocenters. The number of hydrogen-bond acceptors (Lipinski definition) is 5. The molecule has 4 rings (SSSR count). The number of amides is 1. The number of rotatable bonds is 4. The van der Waals surface area contributed by atoms with E-state index in [4.69, 9.17) is 0 Å². The SMILES string of the molecule is N#Cc1ccccc1S(=O)(=O)N1CCN(C(=O)CN2CCCc3cccc(F)c32)CC1. The Balaban J connectivity index is 1.42. The molecule has 2 aliphatic heterocycles. The maximum Gasteiger partial charge on any atom is 0.244 e. The van der Waals surface area contributed by atoms with Crippen molar-refractivity contribution >= 4 is 21.6 Å². The Morgan fingerprint density at radius 1 is 1.03 bits per heavy atom. The van der Waals surface area contributed by atoms with Crippen molar-refractivity contribution in [1.29, 1.82) is 5.26 Å². The normalized spacial score (nSPS) is 17.2. The van der Waals surface area contributed by atoms with Gasteiger partial charge in [-0.2, -0.15) is 9.57 Å². The Kier molecular flexibility index (Phi) is 5.94. The molecule has 0 atom stereocenters. The highest BCUT2D eigenvalue weighted by atomic mass is 32.2. The summed E-state index contributed by atoms with van der Waals surface area (Å²) in [5.74, 6) is -0.470. The van der Waals surface area contributed by atoms with Crippen LogP contribution >= 0.6 is 0 Å². The van der Waals surface area contributed by atoms with Gasteiger partial charge in [0.2, 0.25) is 15.9 Å². The van der Waals surface area contributed by atoms with Crippen molar-refractivity contribution in [1.82, 2.24) is 9.21 Å². The summed E-state index contributed by atoms with van der Waals surface area (Å²) in [6.45, 7) is 1.49. The minimum absolute atomic E-state index is 0.0160. The maximum atomic E-state index is 14.4. The monoisotopic (exact) mass is 442 g/mol. The molecule has 0 aromatic heterocycles. The van der Waals surface area contributed by atoms with E-state index in [9.17, 15) is 22.9 Å². The van der Waals surface area contributed by atoms with Crippen LogP contribution in [0.1, 0.15) is 17.5 Å². The number of carbonyl (C=O) groups is 1. The van der Waals surface area contributed by atoms with Crippen LogP contribution in [0.2, 0.25) is 0 Å². The maximum absolute atomic E-state index is 14.4. The number of halogens is 1. The van der Waals surface area contributed by atoms with E-state index in [0.717, 1.165) is 18.4 Å². The molecule has 0 spiro atoms. The number of nitriles is 1. The van der Waals surface area contributed by atoms with E-state index in [-0.39, 0.29) is 54.9 Å². The number of nitrogens with zero attached hydrogens (tertiary/aromatic N) is 4. The Bertz CT molecular complexity index is 1140. The molecule has 1 fully saturated rings. The fourth-order valence-electron chi connectivity index (χ4n) is 4.21. The van der Waals surface area contributed by atoms with Gasteiger partial charge in [-0.3, -0.25) is 4.79 Å². The molecule has 0 radical (unpaired) electrons. The standard InChI is InChI=1S/C22H23FN4O3S/c23-19-8-3-6-17-7-4-10-26(22(17)19)16-21(28)25-11-13-27(14-12-25)31(29,30)20-9-2-1-5-18(20)15-24/h1-3,5-6,8-9H,4,7,10-14,16H2. The summed E-state index contributed by atoms with van der Waals surface area (Å²) < 4.78 is 41.6. The zero-order valence-electron chi connectivity index (χ0n) is 17.0. The zero-order valence-corrected chi connectivity index (χ0v) is 17.8. The van der Waals surface area contributed by atoms with Crippen LogP contribution in [-0.4, -0.2) is 62.8 Å². The van der Waals surface area contributed by atoms with Crippen LogP contribution in [0.3, 0.4) is 0 Å². The molecule has 7 nitrogen and oxygen atoms in total. The van der Waals surface area contributed by atoms with Crippen LogP contribution in [0.4, 0.5) is 10.1 Å². The third-order valence-electron chi connectivity index (χ3n) is 5.80. The molecule has 31 heavy (non-hydrogen) atoms. The lowest BCUT2D eigenvalue weighted by Gasteiger charge is -2.37. The first-order valence-electron chi connectivity index (χ1n) is 10.2. The molecule has 2 heterocycles. The second-order valence-corrected chi connectivity index (χ2v) is 9.57. The third-order valence-corrected chi connectivity index (χ3v) is 7.76. The molecule has 2 aromatic carbocycles. The lowest BCUT2D eigenvalue weighted by molar-refractivity contribution is -0.130. The largest absolute Gasteiger partial charge is 0.360 e. The molecule has 1 amide bonds. The molecule has 0 bridgehead atoms. The number of piperazine rings is 1. The average molecular weight is 443 g/mol. The van der Waals surface area contributed by atoms with Gasteiger partial charge in [0.15, 0.2) is 0 Å². The highest BCUT2D eigenvalue weighted by Crippen LogP contribution is 2.30. The van der Waals surface area contributed by atoms with E-state index in [1.807, 2.05) is 12.1 Å². The minimum atomic E-state index is -3.81. The van der Waals surface area contributed by atoms with Crippen LogP contribution in [0, 0.1) is 17.1 Å². The van der Waals surface area contributed by atoms with E-state index in [0.29, 0.717) is 12.2 Å². The lowest BCUT2D eigenvalue weighted by atomic mass is 10.0. The van der Waals surface area contributed by atoms with Crippen LogP contribution in [0.25, 0.3) is 0 Å². The fraction of sp³-hybridized carbons (Fsp3) is 0.364. The third kappa shape index (κ3) is 4.13. The van der Waals surface area contributed by atoms with Gasteiger partial charge in [0.05, 0.1) is 22.7 Å². The molecule has 162 valence electrons. The Hall–Kier alpha value is -2.96. The summed E-state index contributed by atoms with van der Waals surface area (Å²) >= 11 is 0. The molecule has 2 aromatic rings. The van der Waals surface area contributed by atoms with Crippen molar-refractivity contribution in [3.8, 4) is 6.07 Å². The van der Waals surface area contributed by atoms with Crippen molar-refractivity contribution in [2.45, 2.75) is 17.7 Å². The molecule has 0 N–H and O–H groups in total. The first kappa shape index (κ1) is 21.3. The molecule has 0 aliphatic carbocycles. The van der Waals surface area contributed by atoms with Gasteiger partial charge in [-0.15, -0.1) is 0 Å². The number of aryl methyl sites for hydroxylation is 1. The van der Waals surface area contributed by atoms with Gasteiger partial charge in [0.1, 0.15) is 11.9 Å². The van der Waals surface area contributed by atoms with Crippen LogP contribution in [0.5, 0.6) is 0 Å². The summed E-state index contributed by atoms with van der Waals surface area (Å²) in [4.78, 5) is 16.3. The number of fused-ring (bicyclic) bond motifs is 1. The Morgan fingerprint density at radius 3 is 2.52 bits per heavy atom. The predicted octanol–water partition coefficient (Wildman–Crippen LogP) is 1.98. The van der Waals surface area contributed by atoms with Gasteiger partial charge in [-0.05, 0) is 36.6 Å².